The first-order chi connectivity index (χ1) is 15.4. The first kappa shape index (κ1) is 26.9. The molecule has 2 aromatic rings. The normalized spacial score (nSPS) is 14.3. The van der Waals surface area contributed by atoms with Gasteiger partial charge in [0.1, 0.15) is 5.75 Å². The number of carbonyl (C=O) groups is 1. The van der Waals surface area contributed by atoms with Crippen molar-refractivity contribution < 1.29 is 9.53 Å². The maximum Gasteiger partial charge on any atom is 0.258 e. The first-order valence-corrected chi connectivity index (χ1v) is 11.3. The molecule has 1 heterocycles. The minimum Gasteiger partial charge on any atom is -0.484 e. The van der Waals surface area contributed by atoms with Gasteiger partial charge in [-0.15, -0.1) is 24.0 Å². The lowest BCUT2D eigenvalue weighted by Gasteiger charge is -2.18. The van der Waals surface area contributed by atoms with E-state index in [-0.39, 0.29) is 42.5 Å². The fourth-order valence-electron chi connectivity index (χ4n) is 3.62. The van der Waals surface area contributed by atoms with E-state index in [4.69, 9.17) is 4.74 Å². The molecule has 1 fully saturated rings. The predicted molar refractivity (Wildman–Crippen MR) is 143 cm³/mol. The van der Waals surface area contributed by atoms with Crippen LogP contribution in [-0.2, 0) is 24.7 Å². The fraction of sp³-hybridized carbons (Fsp3) is 0.542. The number of benzene rings is 1. The van der Waals surface area contributed by atoms with E-state index in [1.165, 1.54) is 16.8 Å². The van der Waals surface area contributed by atoms with Gasteiger partial charge in [-0.05, 0) is 69.7 Å². The molecule has 0 spiro atoms. The lowest BCUT2D eigenvalue weighted by atomic mass is 10.1. The topological polar surface area (TPSA) is 92.6 Å². The third kappa shape index (κ3) is 8.53. The summed E-state index contributed by atoms with van der Waals surface area (Å²) in [6.07, 6.45) is 3.92. The fourth-order valence-corrected chi connectivity index (χ4v) is 3.62. The number of aryl methyl sites for hydroxylation is 2. The minimum atomic E-state index is -0.0530. The van der Waals surface area contributed by atoms with E-state index in [9.17, 15) is 4.79 Å². The van der Waals surface area contributed by atoms with Crippen LogP contribution in [0.15, 0.2) is 29.3 Å². The maximum atomic E-state index is 11.7. The highest BCUT2D eigenvalue weighted by Crippen LogP contribution is 2.18. The van der Waals surface area contributed by atoms with E-state index in [0.29, 0.717) is 11.8 Å². The van der Waals surface area contributed by atoms with Gasteiger partial charge in [0.05, 0.1) is 5.69 Å². The maximum absolute atomic E-state index is 11.7. The van der Waals surface area contributed by atoms with Crippen LogP contribution in [0.2, 0.25) is 0 Å². The average Bonchev–Trinajstić information content (AvgIpc) is 3.55. The van der Waals surface area contributed by atoms with Crippen molar-refractivity contribution >= 4 is 35.8 Å². The van der Waals surface area contributed by atoms with Crippen molar-refractivity contribution in [2.24, 2.45) is 12.0 Å². The molecule has 0 saturated heterocycles. The number of carbonyl (C=O) groups excluding carboxylic acids is 1. The summed E-state index contributed by atoms with van der Waals surface area (Å²) in [5, 5.41) is 14.3. The number of aliphatic imine (C=N–C) groups is 1. The smallest absolute Gasteiger partial charge is 0.258 e. The Morgan fingerprint density at radius 3 is 2.55 bits per heavy atom. The molecule has 1 atom stereocenters. The van der Waals surface area contributed by atoms with Crippen molar-refractivity contribution in [1.29, 1.82) is 0 Å². The number of rotatable bonds is 10. The van der Waals surface area contributed by atoms with E-state index in [1.807, 2.05) is 36.0 Å². The Hall–Kier alpha value is -2.30. The van der Waals surface area contributed by atoms with Crippen LogP contribution in [0.25, 0.3) is 0 Å². The van der Waals surface area contributed by atoms with Gasteiger partial charge in [0.15, 0.2) is 12.6 Å². The quantitative estimate of drug-likeness (QED) is 0.233. The van der Waals surface area contributed by atoms with Crippen LogP contribution in [0.1, 0.15) is 42.3 Å². The Bertz CT molecular complexity index is 937. The van der Waals surface area contributed by atoms with Crippen molar-refractivity contribution in [3.05, 3.63) is 46.8 Å². The van der Waals surface area contributed by atoms with Crippen molar-refractivity contribution in [3.63, 3.8) is 0 Å². The van der Waals surface area contributed by atoms with Crippen molar-refractivity contribution in [1.82, 2.24) is 25.7 Å². The summed E-state index contributed by atoms with van der Waals surface area (Å²) in [4.78, 5) is 16.1. The van der Waals surface area contributed by atoms with Gasteiger partial charge in [0.2, 0.25) is 0 Å². The Labute approximate surface area is 214 Å². The third-order valence-corrected chi connectivity index (χ3v) is 5.72. The van der Waals surface area contributed by atoms with Crippen LogP contribution in [0.3, 0.4) is 0 Å². The van der Waals surface area contributed by atoms with Gasteiger partial charge in [0, 0.05) is 38.4 Å². The van der Waals surface area contributed by atoms with E-state index >= 15 is 0 Å². The van der Waals surface area contributed by atoms with E-state index < -0.39 is 0 Å². The second-order valence-electron chi connectivity index (χ2n) is 8.55. The Morgan fingerprint density at radius 2 is 1.97 bits per heavy atom. The molecular formula is C24H37IN6O2. The number of halogens is 1. The molecule has 0 aliphatic heterocycles. The van der Waals surface area contributed by atoms with E-state index in [1.54, 1.807) is 7.05 Å². The largest absolute Gasteiger partial charge is 0.484 e. The third-order valence-electron chi connectivity index (χ3n) is 5.72. The van der Waals surface area contributed by atoms with Gasteiger partial charge in [-0.25, -0.2) is 0 Å². The zero-order valence-corrected chi connectivity index (χ0v) is 22.6. The summed E-state index contributed by atoms with van der Waals surface area (Å²) in [6, 6.07) is 8.47. The molecule has 1 unspecified atom stereocenters. The van der Waals surface area contributed by atoms with Crippen molar-refractivity contribution in [2.45, 2.75) is 58.5 Å². The average molecular weight is 569 g/mol. The number of ether oxygens (including phenoxy) is 1. The molecule has 8 nitrogen and oxygen atoms in total. The summed E-state index contributed by atoms with van der Waals surface area (Å²) >= 11 is 0. The van der Waals surface area contributed by atoms with Crippen molar-refractivity contribution in [2.75, 3.05) is 20.2 Å². The Kier molecular flexibility index (Phi) is 10.5. The van der Waals surface area contributed by atoms with Gasteiger partial charge in [0.25, 0.3) is 5.91 Å². The van der Waals surface area contributed by atoms with Gasteiger partial charge < -0.3 is 20.7 Å². The highest BCUT2D eigenvalue weighted by Gasteiger charge is 2.23. The Balaban J connectivity index is 0.00000385. The molecular weight excluding hydrogens is 531 g/mol. The molecule has 1 aliphatic rings. The summed E-state index contributed by atoms with van der Waals surface area (Å²) in [7, 11) is 3.77. The number of hydrogen-bond acceptors (Lipinski definition) is 4. The molecule has 0 bridgehead atoms. The number of nitrogens with one attached hydrogen (secondary N) is 3. The van der Waals surface area contributed by atoms with Crippen LogP contribution < -0.4 is 20.7 Å². The lowest BCUT2D eigenvalue weighted by Crippen LogP contribution is -2.43. The second kappa shape index (κ2) is 12.8. The zero-order chi connectivity index (χ0) is 23.1. The molecule has 1 saturated carbocycles. The molecule has 3 N–H and O–H groups in total. The lowest BCUT2D eigenvalue weighted by molar-refractivity contribution is -0.123. The summed E-state index contributed by atoms with van der Waals surface area (Å²) in [6.45, 7) is 7.15. The number of aromatic nitrogens is 2. The van der Waals surface area contributed by atoms with Crippen LogP contribution in [-0.4, -0.2) is 53.9 Å². The van der Waals surface area contributed by atoms with Crippen LogP contribution in [0, 0.1) is 13.8 Å². The summed E-state index contributed by atoms with van der Waals surface area (Å²) < 4.78 is 7.49. The highest BCUT2D eigenvalue weighted by molar-refractivity contribution is 14.0. The molecule has 0 radical (unpaired) electrons. The molecule has 9 heteroatoms. The van der Waals surface area contributed by atoms with Crippen molar-refractivity contribution in [3.8, 4) is 5.75 Å². The second-order valence-corrected chi connectivity index (χ2v) is 8.55. The molecule has 1 amide bonds. The predicted octanol–water partition coefficient (Wildman–Crippen LogP) is 2.65. The molecule has 1 aromatic heterocycles. The molecule has 1 aromatic carbocycles. The number of amides is 1. The van der Waals surface area contributed by atoms with Gasteiger partial charge in [-0.2, -0.15) is 5.10 Å². The molecule has 1 aliphatic carbocycles. The van der Waals surface area contributed by atoms with Crippen LogP contribution in [0.4, 0.5) is 0 Å². The number of guanidine groups is 1. The van der Waals surface area contributed by atoms with Crippen LogP contribution in [0.5, 0.6) is 5.75 Å². The molecule has 33 heavy (non-hydrogen) atoms. The minimum absolute atomic E-state index is 0. The number of nitrogens with zero attached hydrogens (tertiary/aromatic N) is 3. The van der Waals surface area contributed by atoms with Crippen LogP contribution >= 0.6 is 24.0 Å². The monoisotopic (exact) mass is 568 g/mol. The van der Waals surface area contributed by atoms with E-state index in [0.717, 1.165) is 43.9 Å². The zero-order valence-electron chi connectivity index (χ0n) is 20.3. The first-order valence-electron chi connectivity index (χ1n) is 11.3. The molecule has 3 rings (SSSR count). The summed E-state index contributed by atoms with van der Waals surface area (Å²) in [5.41, 5.74) is 4.76. The van der Waals surface area contributed by atoms with E-state index in [2.05, 4.69) is 46.8 Å². The SMILES string of the molecule is CN=C(NCCc1ccc(OCC(=O)NC2CC2)cc1)NC(C)Cc1c(C)nn(C)c1C.I. The van der Waals surface area contributed by atoms with Gasteiger partial charge >= 0.3 is 0 Å². The highest BCUT2D eigenvalue weighted by atomic mass is 127. The Morgan fingerprint density at radius 1 is 1.27 bits per heavy atom. The number of hydrogen-bond donors (Lipinski definition) is 3. The summed E-state index contributed by atoms with van der Waals surface area (Å²) in [5.74, 6) is 1.45. The van der Waals surface area contributed by atoms with Gasteiger partial charge in [-0.1, -0.05) is 12.1 Å². The standard InChI is InChI=1S/C24H36N6O2.HI/c1-16(14-22-17(2)29-30(5)18(22)3)27-24(25-4)26-13-12-19-6-10-21(11-7-19)32-15-23(31)28-20-8-9-20;/h6-7,10-11,16,20H,8-9,12-15H2,1-5H3,(H,28,31)(H2,25,26,27);1H. The molecule has 182 valence electrons. The van der Waals surface area contributed by atoms with Gasteiger partial charge in [-0.3, -0.25) is 14.5 Å².